The maximum absolute atomic E-state index is 5.37. The van der Waals surface area contributed by atoms with Gasteiger partial charge in [0.15, 0.2) is 0 Å². The summed E-state index contributed by atoms with van der Waals surface area (Å²) in [5.41, 5.74) is 18.4. The van der Waals surface area contributed by atoms with Crippen LogP contribution in [0.4, 0.5) is 0 Å². The Morgan fingerprint density at radius 2 is 1.03 bits per heavy atom. The molecule has 8 aromatic carbocycles. The summed E-state index contributed by atoms with van der Waals surface area (Å²) >= 11 is 0. The number of nitrogens with zero attached hydrogens (tertiary/aromatic N) is 1. The van der Waals surface area contributed by atoms with Gasteiger partial charge in [-0.25, -0.2) is 4.99 Å². The molecule has 2 unspecified atom stereocenters. The van der Waals surface area contributed by atoms with Crippen LogP contribution in [0.3, 0.4) is 0 Å². The lowest BCUT2D eigenvalue weighted by molar-refractivity contribution is 0.450. The molecule has 0 fully saturated rings. The molecular formula is C60H43N. The zero-order valence-electron chi connectivity index (χ0n) is 33.9. The lowest BCUT2D eigenvalue weighted by Gasteiger charge is -2.45. The molecule has 2 atom stereocenters. The first-order chi connectivity index (χ1) is 30.2. The van der Waals surface area contributed by atoms with Crippen LogP contribution in [0.1, 0.15) is 34.2 Å². The highest BCUT2D eigenvalue weighted by atomic mass is 14.7. The lowest BCUT2D eigenvalue weighted by atomic mass is 9.56. The van der Waals surface area contributed by atoms with E-state index in [1.807, 2.05) is 0 Å². The van der Waals surface area contributed by atoms with Crippen LogP contribution in [0.15, 0.2) is 248 Å². The first-order valence-electron chi connectivity index (χ1n) is 21.3. The normalized spacial score (nSPS) is 17.4. The molecule has 1 heterocycles. The van der Waals surface area contributed by atoms with E-state index in [1.165, 1.54) is 61.2 Å². The Balaban J connectivity index is 1.10. The molecule has 1 nitrogen and oxygen atoms in total. The maximum atomic E-state index is 5.37. The van der Waals surface area contributed by atoms with Gasteiger partial charge in [0.25, 0.3) is 0 Å². The van der Waals surface area contributed by atoms with Gasteiger partial charge in [-0.05, 0) is 102 Å². The Morgan fingerprint density at radius 1 is 0.459 bits per heavy atom. The van der Waals surface area contributed by atoms with E-state index in [4.69, 9.17) is 4.99 Å². The van der Waals surface area contributed by atoms with Crippen LogP contribution < -0.4 is 10.6 Å². The fourth-order valence-electron chi connectivity index (χ4n) is 10.2. The highest BCUT2D eigenvalue weighted by molar-refractivity contribution is 5.97. The Hall–Kier alpha value is -7.61. The molecule has 3 aliphatic rings. The van der Waals surface area contributed by atoms with Crippen molar-refractivity contribution in [1.82, 2.24) is 0 Å². The van der Waals surface area contributed by atoms with Crippen LogP contribution >= 0.6 is 0 Å². The van der Waals surface area contributed by atoms with Crippen molar-refractivity contribution >= 4 is 11.3 Å². The van der Waals surface area contributed by atoms with Crippen molar-refractivity contribution < 1.29 is 0 Å². The summed E-state index contributed by atoms with van der Waals surface area (Å²) < 4.78 is 0. The molecule has 11 rings (SSSR count). The molecule has 0 saturated carbocycles. The third-order valence-corrected chi connectivity index (χ3v) is 12.9. The monoisotopic (exact) mass is 777 g/mol. The second-order valence-electron chi connectivity index (χ2n) is 16.2. The topological polar surface area (TPSA) is 12.4 Å². The number of allylic oxidation sites excluding steroid dienone is 6. The Bertz CT molecular complexity index is 3200. The van der Waals surface area contributed by atoms with Crippen LogP contribution in [-0.2, 0) is 5.41 Å². The highest BCUT2D eigenvalue weighted by Crippen LogP contribution is 2.57. The van der Waals surface area contributed by atoms with Crippen LogP contribution in [-0.4, -0.2) is 0 Å². The van der Waals surface area contributed by atoms with E-state index in [9.17, 15) is 0 Å². The van der Waals surface area contributed by atoms with E-state index in [0.29, 0.717) is 0 Å². The SMILES string of the molecule is C=C1C=C(c2ccc(C3(C4C=CC=CC4)c4ccccc4-c4ccccc4-c4cccc3c4-c3ccccc3)cc2)N=c2ccccc2=C1c1ccc(-c2ccccc2)cc1. The summed E-state index contributed by atoms with van der Waals surface area (Å²) in [6.07, 6.45) is 12.3. The van der Waals surface area contributed by atoms with Gasteiger partial charge in [0.1, 0.15) is 0 Å². The van der Waals surface area contributed by atoms with Gasteiger partial charge in [-0.15, -0.1) is 0 Å². The van der Waals surface area contributed by atoms with E-state index in [1.54, 1.807) is 0 Å². The number of fused-ring (bicyclic) bond motifs is 7. The van der Waals surface area contributed by atoms with Crippen molar-refractivity contribution in [1.29, 1.82) is 0 Å². The van der Waals surface area contributed by atoms with E-state index >= 15 is 0 Å². The largest absolute Gasteiger partial charge is 0.248 e. The molecular weight excluding hydrogens is 735 g/mol. The summed E-state index contributed by atoms with van der Waals surface area (Å²) in [7, 11) is 0. The molecule has 0 saturated heterocycles. The van der Waals surface area contributed by atoms with E-state index < -0.39 is 5.41 Å². The Kier molecular flexibility index (Phi) is 9.09. The van der Waals surface area contributed by atoms with Gasteiger partial charge in [-0.1, -0.05) is 225 Å². The Morgan fingerprint density at radius 3 is 1.77 bits per heavy atom. The van der Waals surface area contributed by atoms with Crippen LogP contribution in [0.25, 0.3) is 55.8 Å². The number of hydrogen-bond donors (Lipinski definition) is 0. The van der Waals surface area contributed by atoms with Gasteiger partial charge in [-0.2, -0.15) is 0 Å². The maximum Gasteiger partial charge on any atom is 0.0715 e. The van der Waals surface area contributed by atoms with E-state index in [-0.39, 0.29) is 5.92 Å². The third kappa shape index (κ3) is 6.12. The second kappa shape index (κ2) is 15.2. The number of benzene rings is 8. The summed E-state index contributed by atoms with van der Waals surface area (Å²) in [6.45, 7) is 4.68. The summed E-state index contributed by atoms with van der Waals surface area (Å²) in [4.78, 5) is 5.37. The number of rotatable bonds is 6. The predicted molar refractivity (Wildman–Crippen MR) is 254 cm³/mol. The van der Waals surface area contributed by atoms with Crippen molar-refractivity contribution in [2.45, 2.75) is 11.8 Å². The van der Waals surface area contributed by atoms with Gasteiger partial charge in [0, 0.05) is 10.8 Å². The van der Waals surface area contributed by atoms with Crippen LogP contribution in [0.5, 0.6) is 0 Å². The molecule has 0 amide bonds. The molecule has 0 spiro atoms. The minimum atomic E-state index is -0.539. The number of hydrogen-bond acceptors (Lipinski definition) is 1. The van der Waals surface area contributed by atoms with Crippen molar-refractivity contribution in [3.8, 4) is 44.5 Å². The molecule has 1 heteroatoms. The quantitative estimate of drug-likeness (QED) is 0.159. The standard InChI is InChI=1S/C60H43N/c1-41-40-57(61-56-31-16-14-27-53(56)58(41)46-34-32-43(33-35-46)42-18-5-2-6-19-42)44-36-38-48(39-37-44)60(47-22-9-4-10-23-47)54-29-15-13-26-51(54)49-24-11-12-25-50(49)52-28-17-30-55(60)59(52)45-20-7-3-8-21-45/h2-22,24-40,47H,1,23H2. The minimum absolute atomic E-state index is 0.145. The third-order valence-electron chi connectivity index (χ3n) is 12.9. The second-order valence-corrected chi connectivity index (χ2v) is 16.2. The Labute approximate surface area is 358 Å². The lowest BCUT2D eigenvalue weighted by Crippen LogP contribution is -2.39. The fraction of sp³-hybridized carbons (Fsp3) is 0.0500. The fourth-order valence-corrected chi connectivity index (χ4v) is 10.2. The van der Waals surface area contributed by atoms with Crippen molar-refractivity contribution in [3.63, 3.8) is 0 Å². The van der Waals surface area contributed by atoms with Gasteiger partial charge in [-0.3, -0.25) is 0 Å². The van der Waals surface area contributed by atoms with Crippen LogP contribution in [0, 0.1) is 5.92 Å². The zero-order valence-corrected chi connectivity index (χ0v) is 33.9. The van der Waals surface area contributed by atoms with E-state index in [0.717, 1.165) is 45.0 Å². The highest BCUT2D eigenvalue weighted by Gasteiger charge is 2.46. The van der Waals surface area contributed by atoms with Gasteiger partial charge >= 0.3 is 0 Å². The molecule has 2 aliphatic carbocycles. The molecule has 0 N–H and O–H groups in total. The molecule has 0 radical (unpaired) electrons. The summed E-state index contributed by atoms with van der Waals surface area (Å²) in [5.74, 6) is 0.145. The summed E-state index contributed by atoms with van der Waals surface area (Å²) in [5, 5.41) is 2.02. The molecule has 8 aromatic rings. The number of para-hydroxylation sites is 1. The summed E-state index contributed by atoms with van der Waals surface area (Å²) in [6, 6.07) is 73.2. The first kappa shape index (κ1) is 36.5. The molecule has 2 bridgehead atoms. The zero-order chi connectivity index (χ0) is 40.8. The smallest absolute Gasteiger partial charge is 0.0715 e. The molecule has 61 heavy (non-hydrogen) atoms. The van der Waals surface area contributed by atoms with E-state index in [2.05, 4.69) is 237 Å². The average molecular weight is 778 g/mol. The predicted octanol–water partition coefficient (Wildman–Crippen LogP) is 13.6. The minimum Gasteiger partial charge on any atom is -0.248 e. The van der Waals surface area contributed by atoms with Crippen LogP contribution in [0.2, 0.25) is 0 Å². The molecule has 1 aliphatic heterocycles. The van der Waals surface area contributed by atoms with Crippen molar-refractivity contribution in [2.75, 3.05) is 0 Å². The van der Waals surface area contributed by atoms with Crippen molar-refractivity contribution in [3.05, 3.63) is 281 Å². The van der Waals surface area contributed by atoms with Crippen molar-refractivity contribution in [2.24, 2.45) is 10.9 Å². The van der Waals surface area contributed by atoms with Gasteiger partial charge < -0.3 is 0 Å². The first-order valence-corrected chi connectivity index (χ1v) is 21.3. The molecule has 0 aromatic heterocycles. The molecule has 288 valence electrons. The van der Waals surface area contributed by atoms with Gasteiger partial charge in [0.2, 0.25) is 0 Å². The van der Waals surface area contributed by atoms with Gasteiger partial charge in [0.05, 0.1) is 16.5 Å². The average Bonchev–Trinajstić information content (AvgIpc) is 3.48.